The average molecular weight is 275 g/mol. The second kappa shape index (κ2) is 5.58. The number of aliphatic hydroxyl groups excluding tert-OH is 1. The third-order valence-corrected chi connectivity index (χ3v) is 3.28. The van der Waals surface area contributed by atoms with Crippen LogP contribution in [0.4, 0.5) is 0 Å². The van der Waals surface area contributed by atoms with Gasteiger partial charge in [-0.25, -0.2) is 0 Å². The van der Waals surface area contributed by atoms with Crippen LogP contribution in [0.1, 0.15) is 32.1 Å². The molecule has 88 valence electrons. The molecule has 0 radical (unpaired) electrons. The van der Waals surface area contributed by atoms with Crippen LogP contribution in [0.25, 0.3) is 0 Å². The summed E-state index contributed by atoms with van der Waals surface area (Å²) in [5.74, 6) is 0. The summed E-state index contributed by atoms with van der Waals surface area (Å²) in [6.45, 7) is 0. The molecule has 1 aliphatic rings. The topological polar surface area (TPSA) is 40.5 Å². The first kappa shape index (κ1) is 13.4. The molecular formula is C9H14Cl3NO2. The lowest BCUT2D eigenvalue weighted by atomic mass is 9.94. The molecule has 0 aromatic rings. The molecule has 0 heterocycles. The second-order valence-electron chi connectivity index (χ2n) is 3.76. The third-order valence-electron chi connectivity index (χ3n) is 2.69. The van der Waals surface area contributed by atoms with E-state index in [2.05, 4.69) is 0 Å². The molecule has 1 atom stereocenters. The fourth-order valence-corrected chi connectivity index (χ4v) is 2.23. The fourth-order valence-electron chi connectivity index (χ4n) is 1.89. The molecule has 0 aromatic carbocycles. The first-order valence-electron chi connectivity index (χ1n) is 4.94. The zero-order chi connectivity index (χ0) is 11.5. The smallest absolute Gasteiger partial charge is 0.234 e. The fraction of sp³-hybridized carbons (Fsp3) is 0.889. The lowest BCUT2D eigenvalue weighted by molar-refractivity contribution is -0.132. The lowest BCUT2D eigenvalue weighted by Crippen LogP contribution is -2.49. The molecule has 0 saturated heterocycles. The maximum atomic E-state index is 10.9. The number of hydrogen-bond donors (Lipinski definition) is 1. The van der Waals surface area contributed by atoms with E-state index < -0.39 is 10.0 Å². The van der Waals surface area contributed by atoms with Gasteiger partial charge in [-0.15, -0.1) is 0 Å². The van der Waals surface area contributed by atoms with Crippen LogP contribution in [0.5, 0.6) is 0 Å². The molecule has 0 aromatic heterocycles. The van der Waals surface area contributed by atoms with Crippen LogP contribution in [-0.2, 0) is 4.79 Å². The highest BCUT2D eigenvalue weighted by Gasteiger charge is 2.38. The Hall–Kier alpha value is 0.300. The zero-order valence-corrected chi connectivity index (χ0v) is 10.5. The van der Waals surface area contributed by atoms with Gasteiger partial charge in [0.25, 0.3) is 0 Å². The van der Waals surface area contributed by atoms with Gasteiger partial charge in [0.15, 0.2) is 6.23 Å². The number of aliphatic hydroxyl groups is 1. The Morgan fingerprint density at radius 3 is 2.20 bits per heavy atom. The van der Waals surface area contributed by atoms with Gasteiger partial charge in [-0.05, 0) is 12.8 Å². The molecule has 1 N–H and O–H groups in total. The van der Waals surface area contributed by atoms with E-state index >= 15 is 0 Å². The number of carbonyl (C=O) groups is 1. The molecule has 1 amide bonds. The van der Waals surface area contributed by atoms with Gasteiger partial charge < -0.3 is 10.0 Å². The minimum Gasteiger partial charge on any atom is -0.369 e. The van der Waals surface area contributed by atoms with Crippen molar-refractivity contribution >= 4 is 41.2 Å². The zero-order valence-electron chi connectivity index (χ0n) is 8.20. The number of nitrogens with zero attached hydrogens (tertiary/aromatic N) is 1. The first-order valence-corrected chi connectivity index (χ1v) is 6.07. The molecular weight excluding hydrogens is 260 g/mol. The highest BCUT2D eigenvalue weighted by molar-refractivity contribution is 6.68. The molecule has 0 aliphatic heterocycles. The van der Waals surface area contributed by atoms with Gasteiger partial charge in [0.1, 0.15) is 0 Å². The van der Waals surface area contributed by atoms with E-state index in [1.165, 1.54) is 4.90 Å². The minimum atomic E-state index is -1.85. The van der Waals surface area contributed by atoms with E-state index in [9.17, 15) is 9.90 Å². The molecule has 1 aliphatic carbocycles. The van der Waals surface area contributed by atoms with Gasteiger partial charge in [0.05, 0.1) is 0 Å². The number of halogens is 3. The summed E-state index contributed by atoms with van der Waals surface area (Å²) in [4.78, 5) is 12.1. The van der Waals surface area contributed by atoms with E-state index in [0.29, 0.717) is 6.41 Å². The van der Waals surface area contributed by atoms with E-state index in [1.807, 2.05) is 0 Å². The predicted octanol–water partition coefficient (Wildman–Crippen LogP) is 2.47. The van der Waals surface area contributed by atoms with Crippen LogP contribution < -0.4 is 0 Å². The quantitative estimate of drug-likeness (QED) is 0.488. The molecule has 3 nitrogen and oxygen atoms in total. The normalized spacial score (nSPS) is 21.1. The maximum Gasteiger partial charge on any atom is 0.234 e. The molecule has 0 bridgehead atoms. The van der Waals surface area contributed by atoms with Crippen molar-refractivity contribution < 1.29 is 9.90 Å². The van der Waals surface area contributed by atoms with Gasteiger partial charge >= 0.3 is 0 Å². The summed E-state index contributed by atoms with van der Waals surface area (Å²) in [6, 6.07) is -0.0122. The van der Waals surface area contributed by atoms with Gasteiger partial charge in [-0.1, -0.05) is 54.1 Å². The van der Waals surface area contributed by atoms with Crippen LogP contribution in [0, 0.1) is 0 Å². The summed E-state index contributed by atoms with van der Waals surface area (Å²) in [5, 5.41) is 9.70. The lowest BCUT2D eigenvalue weighted by Gasteiger charge is -2.37. The Labute approximate surface area is 104 Å². The monoisotopic (exact) mass is 273 g/mol. The van der Waals surface area contributed by atoms with Crippen molar-refractivity contribution in [2.45, 2.75) is 48.2 Å². The van der Waals surface area contributed by atoms with Crippen LogP contribution >= 0.6 is 34.8 Å². The van der Waals surface area contributed by atoms with Crippen molar-refractivity contribution in [3.63, 3.8) is 0 Å². The van der Waals surface area contributed by atoms with Crippen molar-refractivity contribution in [1.29, 1.82) is 0 Å². The van der Waals surface area contributed by atoms with Crippen LogP contribution in [0.15, 0.2) is 0 Å². The van der Waals surface area contributed by atoms with Gasteiger partial charge in [-0.2, -0.15) is 0 Å². The first-order chi connectivity index (χ1) is 6.96. The van der Waals surface area contributed by atoms with Crippen molar-refractivity contribution in [3.05, 3.63) is 0 Å². The highest BCUT2D eigenvalue weighted by Crippen LogP contribution is 2.34. The van der Waals surface area contributed by atoms with Crippen molar-refractivity contribution in [2.75, 3.05) is 0 Å². The Bertz CT molecular complexity index is 214. The van der Waals surface area contributed by atoms with E-state index in [4.69, 9.17) is 34.8 Å². The van der Waals surface area contributed by atoms with Crippen LogP contribution in [0.3, 0.4) is 0 Å². The van der Waals surface area contributed by atoms with Crippen molar-refractivity contribution in [3.8, 4) is 0 Å². The number of amides is 1. The summed E-state index contributed by atoms with van der Waals surface area (Å²) >= 11 is 16.7. The largest absolute Gasteiger partial charge is 0.369 e. The van der Waals surface area contributed by atoms with Gasteiger partial charge in [0.2, 0.25) is 10.2 Å². The van der Waals surface area contributed by atoms with Crippen molar-refractivity contribution in [1.82, 2.24) is 4.90 Å². The molecule has 1 rings (SSSR count). The van der Waals surface area contributed by atoms with Crippen LogP contribution in [-0.4, -0.2) is 32.5 Å². The summed E-state index contributed by atoms with van der Waals surface area (Å²) in [7, 11) is 0. The molecule has 0 spiro atoms. The molecule has 1 unspecified atom stereocenters. The number of alkyl halides is 3. The number of rotatable bonds is 3. The second-order valence-corrected chi connectivity index (χ2v) is 6.13. The molecule has 6 heteroatoms. The van der Waals surface area contributed by atoms with E-state index in [0.717, 1.165) is 32.1 Å². The highest BCUT2D eigenvalue weighted by atomic mass is 35.6. The predicted molar refractivity (Wildman–Crippen MR) is 61.1 cm³/mol. The average Bonchev–Trinajstić information content (AvgIpc) is 2.19. The Morgan fingerprint density at radius 1 is 1.27 bits per heavy atom. The summed E-state index contributed by atoms with van der Waals surface area (Å²) in [6.07, 6.45) is 4.15. The standard InChI is InChI=1S/C9H14Cl3NO2/c10-9(11,12)8(15)13(6-14)7-4-2-1-3-5-7/h6-8,15H,1-5H2. The van der Waals surface area contributed by atoms with Gasteiger partial charge in [0, 0.05) is 6.04 Å². The third kappa shape index (κ3) is 3.66. The molecule has 1 saturated carbocycles. The molecule has 1 fully saturated rings. The Balaban J connectivity index is 2.65. The Kier molecular flexibility index (Phi) is 4.97. The Morgan fingerprint density at radius 2 is 1.80 bits per heavy atom. The maximum absolute atomic E-state index is 10.9. The van der Waals surface area contributed by atoms with E-state index in [1.54, 1.807) is 0 Å². The SMILES string of the molecule is O=CN(C1CCCCC1)C(O)C(Cl)(Cl)Cl. The van der Waals surface area contributed by atoms with Crippen LogP contribution in [0.2, 0.25) is 0 Å². The summed E-state index contributed by atoms with van der Waals surface area (Å²) in [5.41, 5.74) is 0. The van der Waals surface area contributed by atoms with Gasteiger partial charge in [-0.3, -0.25) is 4.79 Å². The summed E-state index contributed by atoms with van der Waals surface area (Å²) < 4.78 is -1.85. The number of carbonyl (C=O) groups excluding carboxylic acids is 1. The minimum absolute atomic E-state index is 0.0122. The van der Waals surface area contributed by atoms with E-state index in [-0.39, 0.29) is 6.04 Å². The van der Waals surface area contributed by atoms with Crippen molar-refractivity contribution in [2.24, 2.45) is 0 Å². The number of hydrogen-bond acceptors (Lipinski definition) is 2. The molecule has 15 heavy (non-hydrogen) atoms.